The van der Waals surface area contributed by atoms with Crippen molar-refractivity contribution < 1.29 is 46.2 Å². The SMILES string of the molecule is CC1CCC(n2c3ccccc3c3cnc(Nc4ccc5c(n4)CCN(C(=O)C(=O)O)C5)nc32)CC1.CC1CCC(n2c3ccccc3c3cnc(Nc4ccc5c(n4)CCN(C(=O)CO)C5)nc32)CC1.CC1CCC(n2c3ccccc3c3cnc(Nc4ccc5c(n4)CCN(CCC(F)(F)F)C5)nc32)CC1.CC1CCC(n2c3ccccc3c3cnc(Nc4ccc5c(n4)CCN(CCS(C)(=O)=O)C5)nc32)CC1. The zero-order valence-electron chi connectivity index (χ0n) is 82.5. The van der Waals surface area contributed by atoms with Gasteiger partial charge in [-0.15, -0.1) is 0 Å². The molecular formula is C110H123F3N24O7S. The number of aliphatic carboxylic acids is 1. The minimum atomic E-state index is -4.13. The third-order valence-electron chi connectivity index (χ3n) is 31.0. The minimum Gasteiger partial charge on any atom is -0.474 e. The highest BCUT2D eigenvalue weighted by atomic mass is 32.2. The summed E-state index contributed by atoms with van der Waals surface area (Å²) in [6.45, 7) is 13.7. The molecule has 0 bridgehead atoms. The van der Waals surface area contributed by atoms with Crippen LogP contribution in [0.5, 0.6) is 0 Å². The van der Waals surface area contributed by atoms with Crippen LogP contribution >= 0.6 is 0 Å². The Labute approximate surface area is 838 Å². The standard InChI is InChI=1S/C28H31F3N6.C28H34N6O2S.C27H28N6O3.C27H30N6O2/c1-18-6-9-20(10-7-18)37-24-5-3-2-4-21(24)22-16-32-27(35-26(22)37)34-25-11-8-19-17-36(14-12-23(19)33-25)15-13-28(29,30)31;1-19-7-10-21(11-8-19)34-25-6-4-3-5-22(25)23-17-29-28(32-27(23)34)31-26-12-9-20-18-33(14-13-24(20)30-26)15-16-37(2,35)36;1-16-6-9-18(10-7-16)33-22-5-3-2-4-19(22)20-14-28-27(31-24(20)33)30-23-11-8-17-15-32(25(34)26(35)36)13-12-21(17)29-23;1-17-6-9-19(10-7-17)33-23-5-3-2-4-20(23)21-14-28-27(31-26(21)33)30-24-11-8-18-15-32(25(35)16-34)13-12-22(18)29-24/h2-5,8,11,16,18,20H,6-7,9-10,12-15,17H2,1H3,(H,32,33,34,35);3-6,9,12,17,19,21H,7-8,10-11,13-16,18H2,1-2H3,(H,29,30,31,32);2-5,8,11,14,16,18H,6-7,9-10,12-13,15H2,1H3,(H,35,36)(H,28,29,30,31);2-5,8,11,14,17,19,34H,6-7,9-10,12-13,15-16H2,1H3,(H,28,29,30,31). The number of aromatic nitrogens is 16. The van der Waals surface area contributed by atoms with E-state index in [0.717, 1.165) is 164 Å². The van der Waals surface area contributed by atoms with Gasteiger partial charge in [0.15, 0.2) is 0 Å². The minimum absolute atomic E-state index is 0.0186. The maximum Gasteiger partial charge on any atom is 0.394 e. The van der Waals surface area contributed by atoms with Gasteiger partial charge < -0.3 is 59.5 Å². The number of carbonyl (C=O) groups is 3. The molecule has 2 amide bonds. The lowest BCUT2D eigenvalue weighted by Gasteiger charge is -2.28. The predicted octanol–water partition coefficient (Wildman–Crippen LogP) is 20.5. The van der Waals surface area contributed by atoms with E-state index >= 15 is 0 Å². The van der Waals surface area contributed by atoms with Gasteiger partial charge in [0.2, 0.25) is 29.7 Å². The number of sulfone groups is 1. The van der Waals surface area contributed by atoms with E-state index in [-0.39, 0.29) is 24.7 Å². The van der Waals surface area contributed by atoms with E-state index in [0.29, 0.717) is 124 Å². The van der Waals surface area contributed by atoms with Crippen molar-refractivity contribution in [3.8, 4) is 0 Å². The van der Waals surface area contributed by atoms with Gasteiger partial charge in [0.1, 0.15) is 62.3 Å². The van der Waals surface area contributed by atoms with Crippen molar-refractivity contribution >= 4 is 162 Å². The lowest BCUT2D eigenvalue weighted by Crippen LogP contribution is -2.40. The van der Waals surface area contributed by atoms with Crippen LogP contribution in [0.2, 0.25) is 0 Å². The molecule has 31 nitrogen and oxygen atoms in total. The Balaban J connectivity index is 0.000000114. The molecule has 4 saturated carbocycles. The van der Waals surface area contributed by atoms with Crippen molar-refractivity contribution in [2.75, 3.05) is 79.2 Å². The van der Waals surface area contributed by atoms with Gasteiger partial charge in [-0.25, -0.2) is 53.1 Å². The van der Waals surface area contributed by atoms with Gasteiger partial charge in [0.05, 0.1) is 34.2 Å². The highest BCUT2D eigenvalue weighted by Gasteiger charge is 2.35. The van der Waals surface area contributed by atoms with Gasteiger partial charge in [-0.2, -0.15) is 33.1 Å². The van der Waals surface area contributed by atoms with Crippen molar-refractivity contribution in [2.24, 2.45) is 23.7 Å². The van der Waals surface area contributed by atoms with E-state index < -0.39 is 40.9 Å². The zero-order chi connectivity index (χ0) is 99.9. The summed E-state index contributed by atoms with van der Waals surface area (Å²) in [6.07, 6.45) is 25.8. The van der Waals surface area contributed by atoms with E-state index in [1.54, 1.807) is 4.90 Å². The number of hydrogen-bond donors (Lipinski definition) is 6. The van der Waals surface area contributed by atoms with Crippen LogP contribution in [0.1, 0.15) is 206 Å². The predicted molar refractivity (Wildman–Crippen MR) is 558 cm³/mol. The van der Waals surface area contributed by atoms with Crippen molar-refractivity contribution in [3.05, 3.63) is 215 Å². The maximum absolute atomic E-state index is 12.6. The van der Waals surface area contributed by atoms with E-state index in [1.807, 2.05) is 72.2 Å². The Hall–Kier alpha value is -13.8. The number of anilines is 8. The molecular weight excluding hydrogens is 1860 g/mol. The number of para-hydroxylation sites is 4. The largest absolute Gasteiger partial charge is 0.474 e. The van der Waals surface area contributed by atoms with Crippen molar-refractivity contribution in [1.29, 1.82) is 0 Å². The molecule has 0 saturated heterocycles. The number of hydrogen-bond acceptors (Lipinski definition) is 24. The molecule has 145 heavy (non-hydrogen) atoms. The summed E-state index contributed by atoms with van der Waals surface area (Å²) in [5.74, 6) is 5.51. The van der Waals surface area contributed by atoms with E-state index in [9.17, 15) is 36.0 Å². The number of fused-ring (bicyclic) bond motifs is 16. The monoisotopic (exact) mass is 1980 g/mol. The Bertz CT molecular complexity index is 7670. The van der Waals surface area contributed by atoms with Crippen molar-refractivity contribution in [3.63, 3.8) is 0 Å². The van der Waals surface area contributed by atoms with Crippen molar-refractivity contribution in [1.82, 2.24) is 97.7 Å². The summed E-state index contributed by atoms with van der Waals surface area (Å²) < 4.78 is 70.6. The number of carboxylic acid groups (broad SMARTS) is 1. The average Bonchev–Trinajstić information content (AvgIpc) is 1.61. The third-order valence-corrected chi connectivity index (χ3v) is 31.9. The summed E-state index contributed by atoms with van der Waals surface area (Å²) in [6, 6.07) is 51.2. The Morgan fingerprint density at radius 2 is 0.648 bits per heavy atom. The molecule has 0 atom stereocenters. The number of nitrogens with one attached hydrogen (secondary N) is 4. The first kappa shape index (κ1) is 97.3. The molecule has 4 aliphatic carbocycles. The van der Waals surface area contributed by atoms with Crippen LogP contribution in [-0.2, 0) is 76.1 Å². The summed E-state index contributed by atoms with van der Waals surface area (Å²) >= 11 is 0. The zero-order valence-corrected chi connectivity index (χ0v) is 83.4. The van der Waals surface area contributed by atoms with Crippen LogP contribution in [0, 0.1) is 23.7 Å². The van der Waals surface area contributed by atoms with Crippen LogP contribution in [0.15, 0.2) is 170 Å². The lowest BCUT2D eigenvalue weighted by atomic mass is 9.87. The quantitative estimate of drug-likeness (QED) is 0.0435. The molecule has 8 aliphatic rings. The van der Waals surface area contributed by atoms with Crippen LogP contribution in [0.25, 0.3) is 87.7 Å². The first-order valence-corrected chi connectivity index (χ1v) is 53.5. The number of aliphatic hydroxyl groups is 1. The highest BCUT2D eigenvalue weighted by molar-refractivity contribution is 7.90. The number of aliphatic hydroxyl groups excluding tert-OH is 1. The first-order valence-electron chi connectivity index (χ1n) is 51.4. The molecule has 16 aromatic rings. The summed E-state index contributed by atoms with van der Waals surface area (Å²) in [4.78, 5) is 99.2. The van der Waals surface area contributed by atoms with E-state index in [2.05, 4.69) is 195 Å². The molecule has 12 aromatic heterocycles. The van der Waals surface area contributed by atoms with Gasteiger partial charge in [-0.05, 0) is 197 Å². The fraction of sp³-hybridized carbons (Fsp3) is 0.427. The molecule has 4 aromatic carbocycles. The fourth-order valence-corrected chi connectivity index (χ4v) is 23.5. The summed E-state index contributed by atoms with van der Waals surface area (Å²) in [5, 5.41) is 40.3. The number of rotatable bonds is 18. The van der Waals surface area contributed by atoms with Crippen LogP contribution in [-0.4, -0.2) is 198 Å². The molecule has 6 N–H and O–H groups in total. The fourth-order valence-electron chi connectivity index (χ4n) is 22.9. The third kappa shape index (κ3) is 21.4. The van der Waals surface area contributed by atoms with Gasteiger partial charge in [0.25, 0.3) is 0 Å². The maximum atomic E-state index is 12.6. The van der Waals surface area contributed by atoms with Crippen molar-refractivity contribution in [2.45, 2.75) is 219 Å². The molecule has 0 unspecified atom stereocenters. The van der Waals surface area contributed by atoms with Crippen LogP contribution in [0.4, 0.5) is 60.2 Å². The molecule has 4 fully saturated rings. The topological polar surface area (TPSA) is 361 Å². The highest BCUT2D eigenvalue weighted by Crippen LogP contribution is 2.45. The molecule has 0 spiro atoms. The molecule has 0 radical (unpaired) electrons. The Morgan fingerprint density at radius 1 is 0.366 bits per heavy atom. The molecule has 752 valence electrons. The number of benzene rings is 4. The molecule has 24 rings (SSSR count). The van der Waals surface area contributed by atoms with Crippen LogP contribution in [0.3, 0.4) is 0 Å². The number of alkyl halides is 3. The lowest BCUT2D eigenvalue weighted by molar-refractivity contribution is -0.156. The van der Waals surface area contributed by atoms with E-state index in [1.165, 1.54) is 132 Å². The van der Waals surface area contributed by atoms with Gasteiger partial charge in [-0.3, -0.25) is 19.4 Å². The number of carbonyl (C=O) groups excluding carboxylic acids is 2. The Morgan fingerprint density at radius 3 is 0.945 bits per heavy atom. The second-order valence-electron chi connectivity index (χ2n) is 41.2. The number of pyridine rings is 4. The molecule has 35 heteroatoms. The van der Waals surface area contributed by atoms with Gasteiger partial charge >= 0.3 is 18.1 Å². The summed E-state index contributed by atoms with van der Waals surface area (Å²) in [5.41, 5.74) is 16.4. The normalized spacial score (nSPS) is 20.4. The Kier molecular flexibility index (Phi) is 28.0. The molecule has 4 aliphatic heterocycles. The number of carboxylic acids is 1. The number of amides is 2. The molecule has 16 heterocycles. The van der Waals surface area contributed by atoms with Gasteiger partial charge in [0, 0.05) is 212 Å². The number of halogens is 3. The van der Waals surface area contributed by atoms with E-state index in [4.69, 9.17) is 50.1 Å². The first-order chi connectivity index (χ1) is 70.3. The smallest absolute Gasteiger partial charge is 0.394 e. The average molecular weight is 1980 g/mol. The number of nitrogens with zero attached hydrogens (tertiary/aromatic N) is 20. The second kappa shape index (κ2) is 41.8. The van der Waals surface area contributed by atoms with Gasteiger partial charge in [-0.1, -0.05) is 125 Å². The van der Waals surface area contributed by atoms with Crippen LogP contribution < -0.4 is 21.3 Å². The summed E-state index contributed by atoms with van der Waals surface area (Å²) in [7, 11) is -2.96. The second-order valence-corrected chi connectivity index (χ2v) is 43.4.